The zero-order chi connectivity index (χ0) is 4.99. The van der Waals surface area contributed by atoms with E-state index < -0.39 is 0 Å². The predicted octanol–water partition coefficient (Wildman–Crippen LogP) is -0.970. The van der Waals surface area contributed by atoms with Crippen LogP contribution in [0.25, 0.3) is 0 Å². The standard InChI is InChI=1S/C3H6BNO/c4-3(6)1-2-5/h1-2,5H2. The van der Waals surface area contributed by atoms with Gasteiger partial charge in [-0.1, -0.05) is 0 Å². The lowest BCUT2D eigenvalue weighted by atomic mass is 10.0. The monoisotopic (exact) mass is 83.1 g/mol. The molecule has 0 aliphatic carbocycles. The third-order valence-corrected chi connectivity index (χ3v) is 0.391. The SMILES string of the molecule is [B]C(=O)CCN. The molecule has 0 heterocycles. The maximum Gasteiger partial charge on any atom is 0.167 e. The maximum absolute atomic E-state index is 9.74. The van der Waals surface area contributed by atoms with Gasteiger partial charge in [-0.05, 0) is 6.54 Å². The lowest BCUT2D eigenvalue weighted by Gasteiger charge is -1.81. The highest BCUT2D eigenvalue weighted by atomic mass is 16.1. The molecule has 3 heteroatoms. The van der Waals surface area contributed by atoms with E-state index in [2.05, 4.69) is 7.85 Å². The van der Waals surface area contributed by atoms with Crippen LogP contribution in [0.3, 0.4) is 0 Å². The summed E-state index contributed by atoms with van der Waals surface area (Å²) in [6.07, 6.45) is 0.292. The molecular weight excluding hydrogens is 76.9 g/mol. The van der Waals surface area contributed by atoms with Crippen LogP contribution >= 0.6 is 0 Å². The number of carbonyl (C=O) groups is 1. The molecule has 0 amide bonds. The third-order valence-electron chi connectivity index (χ3n) is 0.391. The van der Waals surface area contributed by atoms with E-state index in [9.17, 15) is 4.79 Å². The Morgan fingerprint density at radius 2 is 2.33 bits per heavy atom. The van der Waals surface area contributed by atoms with Crippen LogP contribution in [0.4, 0.5) is 0 Å². The minimum absolute atomic E-state index is 0.292. The fraction of sp³-hybridized carbons (Fsp3) is 0.667. The van der Waals surface area contributed by atoms with Crippen LogP contribution in [0.1, 0.15) is 6.42 Å². The van der Waals surface area contributed by atoms with Crippen molar-refractivity contribution in [2.24, 2.45) is 5.73 Å². The Labute approximate surface area is 38.1 Å². The van der Waals surface area contributed by atoms with Crippen LogP contribution in [0.5, 0.6) is 0 Å². The van der Waals surface area contributed by atoms with E-state index in [1.54, 1.807) is 0 Å². The Balaban J connectivity index is 2.83. The molecule has 2 radical (unpaired) electrons. The molecule has 0 aromatic carbocycles. The van der Waals surface area contributed by atoms with Gasteiger partial charge in [-0.15, -0.1) is 0 Å². The summed E-state index contributed by atoms with van der Waals surface area (Å²) in [5.41, 5.74) is 4.59. The van der Waals surface area contributed by atoms with Gasteiger partial charge in [-0.2, -0.15) is 0 Å². The summed E-state index contributed by atoms with van der Waals surface area (Å²) in [6, 6.07) is 0. The third kappa shape index (κ3) is 3.69. The van der Waals surface area contributed by atoms with E-state index in [1.165, 1.54) is 0 Å². The zero-order valence-electron chi connectivity index (χ0n) is 3.48. The number of hydrogen-bond acceptors (Lipinski definition) is 2. The van der Waals surface area contributed by atoms with Crippen molar-refractivity contribution in [1.82, 2.24) is 0 Å². The smallest absolute Gasteiger partial charge is 0.167 e. The van der Waals surface area contributed by atoms with E-state index in [4.69, 9.17) is 5.73 Å². The van der Waals surface area contributed by atoms with Crippen LogP contribution in [-0.4, -0.2) is 20.1 Å². The molecule has 2 N–H and O–H groups in total. The largest absolute Gasteiger partial charge is 0.330 e. The quantitative estimate of drug-likeness (QED) is 0.436. The Morgan fingerprint density at radius 3 is 2.33 bits per heavy atom. The summed E-state index contributed by atoms with van der Waals surface area (Å²) in [5, 5.41) is 0. The van der Waals surface area contributed by atoms with Gasteiger partial charge >= 0.3 is 0 Å². The molecule has 0 spiro atoms. The van der Waals surface area contributed by atoms with E-state index in [0.717, 1.165) is 0 Å². The minimum atomic E-state index is -0.336. The summed E-state index contributed by atoms with van der Waals surface area (Å²) in [4.78, 5) is 9.74. The summed E-state index contributed by atoms with van der Waals surface area (Å²) < 4.78 is 0. The Morgan fingerprint density at radius 1 is 1.83 bits per heavy atom. The highest BCUT2D eigenvalue weighted by molar-refractivity contribution is 6.57. The van der Waals surface area contributed by atoms with E-state index in [-0.39, 0.29) is 5.68 Å². The highest BCUT2D eigenvalue weighted by Crippen LogP contribution is 1.67. The van der Waals surface area contributed by atoms with E-state index >= 15 is 0 Å². The second-order valence-electron chi connectivity index (χ2n) is 1.00. The first kappa shape index (κ1) is 5.69. The Bertz CT molecular complexity index is 54.8. The predicted molar refractivity (Wildman–Crippen MR) is 24.4 cm³/mol. The minimum Gasteiger partial charge on any atom is -0.330 e. The first-order chi connectivity index (χ1) is 2.77. The summed E-state index contributed by atoms with van der Waals surface area (Å²) in [6.45, 7) is 0.356. The fourth-order valence-electron chi connectivity index (χ4n) is 0.142. The normalized spacial score (nSPS) is 8.17. The van der Waals surface area contributed by atoms with E-state index in [1.807, 2.05) is 0 Å². The molecule has 0 unspecified atom stereocenters. The van der Waals surface area contributed by atoms with Crippen molar-refractivity contribution in [3.05, 3.63) is 0 Å². The molecule has 0 rings (SSSR count). The molecule has 0 saturated heterocycles. The molecule has 0 atom stereocenters. The van der Waals surface area contributed by atoms with Crippen molar-refractivity contribution in [3.8, 4) is 0 Å². The molecule has 0 aliphatic heterocycles. The van der Waals surface area contributed by atoms with Crippen molar-refractivity contribution < 1.29 is 4.79 Å². The summed E-state index contributed by atoms with van der Waals surface area (Å²) >= 11 is 0. The maximum atomic E-state index is 9.74. The lowest BCUT2D eigenvalue weighted by Crippen LogP contribution is -2.06. The van der Waals surface area contributed by atoms with Crippen LogP contribution < -0.4 is 5.73 Å². The van der Waals surface area contributed by atoms with Gasteiger partial charge in [-0.25, -0.2) is 0 Å². The van der Waals surface area contributed by atoms with Crippen LogP contribution in [0.2, 0.25) is 0 Å². The Hall–Kier alpha value is -0.305. The van der Waals surface area contributed by atoms with Crippen LogP contribution in [0.15, 0.2) is 0 Å². The molecule has 0 saturated carbocycles. The molecule has 0 aromatic heterocycles. The first-order valence-electron chi connectivity index (χ1n) is 1.75. The van der Waals surface area contributed by atoms with Crippen molar-refractivity contribution in [1.29, 1.82) is 0 Å². The highest BCUT2D eigenvalue weighted by Gasteiger charge is 1.83. The van der Waals surface area contributed by atoms with Gasteiger partial charge in [0.15, 0.2) is 7.85 Å². The fourth-order valence-corrected chi connectivity index (χ4v) is 0.142. The average Bonchev–Trinajstić information content (AvgIpc) is 1.35. The topological polar surface area (TPSA) is 43.1 Å². The van der Waals surface area contributed by atoms with Crippen molar-refractivity contribution in [3.63, 3.8) is 0 Å². The molecule has 6 heavy (non-hydrogen) atoms. The second kappa shape index (κ2) is 2.91. The molecule has 0 aliphatic rings. The van der Waals surface area contributed by atoms with Gasteiger partial charge in [0.1, 0.15) is 0 Å². The average molecular weight is 82.9 g/mol. The lowest BCUT2D eigenvalue weighted by molar-refractivity contribution is -0.111. The van der Waals surface area contributed by atoms with Gasteiger partial charge in [-0.3, -0.25) is 0 Å². The van der Waals surface area contributed by atoms with Gasteiger partial charge < -0.3 is 10.5 Å². The van der Waals surface area contributed by atoms with Gasteiger partial charge in [0, 0.05) is 6.42 Å². The molecule has 0 bridgehead atoms. The van der Waals surface area contributed by atoms with Gasteiger partial charge in [0.05, 0.1) is 5.68 Å². The second-order valence-corrected chi connectivity index (χ2v) is 1.00. The number of rotatable bonds is 2. The number of hydrogen-bond donors (Lipinski definition) is 1. The zero-order valence-corrected chi connectivity index (χ0v) is 3.48. The van der Waals surface area contributed by atoms with Crippen molar-refractivity contribution >= 4 is 13.5 Å². The van der Waals surface area contributed by atoms with Gasteiger partial charge in [0.25, 0.3) is 0 Å². The summed E-state index contributed by atoms with van der Waals surface area (Å²) in [5.74, 6) is 0. The van der Waals surface area contributed by atoms with Crippen molar-refractivity contribution in [2.45, 2.75) is 6.42 Å². The van der Waals surface area contributed by atoms with Gasteiger partial charge in [0.2, 0.25) is 0 Å². The molecule has 0 fully saturated rings. The van der Waals surface area contributed by atoms with Crippen LogP contribution in [0, 0.1) is 0 Å². The number of carbonyl (C=O) groups excluding carboxylic acids is 1. The molecule has 0 aromatic rings. The molecule has 2 nitrogen and oxygen atoms in total. The number of nitrogens with two attached hydrogens (primary N) is 1. The molecule has 32 valence electrons. The van der Waals surface area contributed by atoms with Crippen LogP contribution in [-0.2, 0) is 4.79 Å². The first-order valence-corrected chi connectivity index (χ1v) is 1.75. The molecular formula is C3H6BNO. The van der Waals surface area contributed by atoms with E-state index in [0.29, 0.717) is 13.0 Å². The Kier molecular flexibility index (Phi) is 2.76. The summed E-state index contributed by atoms with van der Waals surface area (Å²) in [7, 11) is 4.68. The van der Waals surface area contributed by atoms with Crippen molar-refractivity contribution in [2.75, 3.05) is 6.54 Å².